The summed E-state index contributed by atoms with van der Waals surface area (Å²) in [7, 11) is 0. The molecule has 2 heterocycles. The summed E-state index contributed by atoms with van der Waals surface area (Å²) in [5.41, 5.74) is 2.70. The van der Waals surface area contributed by atoms with Crippen molar-refractivity contribution in [2.75, 3.05) is 0 Å². The Bertz CT molecular complexity index is 648. The van der Waals surface area contributed by atoms with Gasteiger partial charge in [0.15, 0.2) is 0 Å². The molecule has 0 aliphatic rings. The van der Waals surface area contributed by atoms with Crippen molar-refractivity contribution in [2.24, 2.45) is 0 Å². The summed E-state index contributed by atoms with van der Waals surface area (Å²) in [6.07, 6.45) is 2.67. The average Bonchev–Trinajstić information content (AvgIpc) is 2.71. The zero-order valence-electron chi connectivity index (χ0n) is 11.5. The van der Waals surface area contributed by atoms with Gasteiger partial charge in [0.1, 0.15) is 11.7 Å². The van der Waals surface area contributed by atoms with Crippen LogP contribution in [0.4, 0.5) is 0 Å². The van der Waals surface area contributed by atoms with Gasteiger partial charge in [0.25, 0.3) is 0 Å². The quantitative estimate of drug-likeness (QED) is 0.857. The molecule has 0 aromatic carbocycles. The van der Waals surface area contributed by atoms with Crippen molar-refractivity contribution >= 4 is 17.5 Å². The summed E-state index contributed by atoms with van der Waals surface area (Å²) in [5, 5.41) is 11.2. The number of carbonyl (C=O) groups is 2. The van der Waals surface area contributed by atoms with Gasteiger partial charge in [0.2, 0.25) is 5.91 Å². The summed E-state index contributed by atoms with van der Waals surface area (Å²) in [5.74, 6) is -1.31. The van der Waals surface area contributed by atoms with Gasteiger partial charge in [0, 0.05) is 18.3 Å². The minimum Gasteiger partial charge on any atom is -0.480 e. The number of nitrogens with zero attached hydrogens (tertiary/aromatic N) is 2. The van der Waals surface area contributed by atoms with Gasteiger partial charge in [-0.1, -0.05) is 6.07 Å². The number of aromatic nitrogens is 2. The van der Waals surface area contributed by atoms with Crippen molar-refractivity contribution < 1.29 is 14.7 Å². The van der Waals surface area contributed by atoms with Gasteiger partial charge in [-0.2, -0.15) is 0 Å². The fourth-order valence-corrected chi connectivity index (χ4v) is 2.07. The molecule has 2 N–H and O–H groups in total. The van der Waals surface area contributed by atoms with E-state index in [9.17, 15) is 9.59 Å². The zero-order valence-corrected chi connectivity index (χ0v) is 11.5. The first-order chi connectivity index (χ1) is 9.49. The lowest BCUT2D eigenvalue weighted by atomic mass is 10.2. The number of pyridine rings is 1. The summed E-state index contributed by atoms with van der Waals surface area (Å²) in [6.45, 7) is 3.35. The van der Waals surface area contributed by atoms with Crippen LogP contribution in [0, 0.1) is 6.92 Å². The molecule has 6 heteroatoms. The first kappa shape index (κ1) is 14.0. The maximum Gasteiger partial charge on any atom is 0.325 e. The van der Waals surface area contributed by atoms with Crippen molar-refractivity contribution in [2.45, 2.75) is 32.7 Å². The molecule has 0 saturated heterocycles. The summed E-state index contributed by atoms with van der Waals surface area (Å²) >= 11 is 0. The predicted molar refractivity (Wildman–Crippen MR) is 73.5 cm³/mol. The van der Waals surface area contributed by atoms with Gasteiger partial charge >= 0.3 is 5.97 Å². The highest BCUT2D eigenvalue weighted by Crippen LogP contribution is 2.13. The van der Waals surface area contributed by atoms with E-state index in [-0.39, 0.29) is 12.3 Å². The fourth-order valence-electron chi connectivity index (χ4n) is 2.07. The van der Waals surface area contributed by atoms with E-state index in [1.807, 2.05) is 35.7 Å². The second-order valence-electron chi connectivity index (χ2n) is 4.70. The maximum absolute atomic E-state index is 11.7. The maximum atomic E-state index is 11.7. The molecule has 0 radical (unpaired) electrons. The highest BCUT2D eigenvalue weighted by atomic mass is 16.4. The van der Waals surface area contributed by atoms with E-state index in [4.69, 9.17) is 5.11 Å². The third-order valence-electron chi connectivity index (χ3n) is 3.17. The van der Waals surface area contributed by atoms with Crippen molar-refractivity contribution in [1.82, 2.24) is 14.7 Å². The van der Waals surface area contributed by atoms with Crippen molar-refractivity contribution in [3.63, 3.8) is 0 Å². The molecule has 0 aliphatic carbocycles. The van der Waals surface area contributed by atoms with E-state index in [0.29, 0.717) is 6.42 Å². The van der Waals surface area contributed by atoms with Crippen LogP contribution >= 0.6 is 0 Å². The lowest BCUT2D eigenvalue weighted by Gasteiger charge is -2.09. The number of hydrogen-bond acceptors (Lipinski definition) is 3. The largest absolute Gasteiger partial charge is 0.480 e. The topological polar surface area (TPSA) is 83.7 Å². The Morgan fingerprint density at radius 3 is 2.90 bits per heavy atom. The van der Waals surface area contributed by atoms with Gasteiger partial charge in [-0.05, 0) is 32.4 Å². The lowest BCUT2D eigenvalue weighted by molar-refractivity contribution is -0.141. The Balaban J connectivity index is 2.04. The number of carbonyl (C=O) groups excluding carboxylic acids is 1. The number of aryl methyl sites for hydroxylation is 2. The standard InChI is InChI=1S/C14H17N3O3/c1-9-11(17-8-4-3-5-12(17)15-9)6-7-13(18)16-10(2)14(19)20/h3-5,8,10H,6-7H2,1-2H3,(H,16,18)(H,19,20). The monoisotopic (exact) mass is 275 g/mol. The summed E-state index contributed by atoms with van der Waals surface area (Å²) < 4.78 is 1.95. The van der Waals surface area contributed by atoms with Crippen LogP contribution < -0.4 is 5.32 Å². The van der Waals surface area contributed by atoms with E-state index in [2.05, 4.69) is 10.3 Å². The molecule has 2 aromatic heterocycles. The highest BCUT2D eigenvalue weighted by Gasteiger charge is 2.15. The Labute approximate surface area is 116 Å². The van der Waals surface area contributed by atoms with E-state index in [1.165, 1.54) is 6.92 Å². The number of amides is 1. The zero-order chi connectivity index (χ0) is 14.7. The molecule has 106 valence electrons. The van der Waals surface area contributed by atoms with Gasteiger partial charge in [0.05, 0.1) is 5.69 Å². The van der Waals surface area contributed by atoms with Crippen LogP contribution in [0.5, 0.6) is 0 Å². The second-order valence-corrected chi connectivity index (χ2v) is 4.70. The molecular weight excluding hydrogens is 258 g/mol. The molecule has 0 bridgehead atoms. The van der Waals surface area contributed by atoms with Crippen LogP contribution in [0.1, 0.15) is 24.7 Å². The number of imidazole rings is 1. The molecular formula is C14H17N3O3. The molecule has 1 amide bonds. The van der Waals surface area contributed by atoms with E-state index in [1.54, 1.807) is 0 Å². The van der Waals surface area contributed by atoms with Crippen LogP contribution in [0.25, 0.3) is 5.65 Å². The SMILES string of the molecule is Cc1nc2ccccn2c1CCC(=O)NC(C)C(=O)O. The van der Waals surface area contributed by atoms with Crippen LogP contribution in [-0.2, 0) is 16.0 Å². The highest BCUT2D eigenvalue weighted by molar-refractivity contribution is 5.83. The van der Waals surface area contributed by atoms with E-state index in [0.717, 1.165) is 17.0 Å². The molecule has 0 saturated carbocycles. The number of hydrogen-bond donors (Lipinski definition) is 2. The van der Waals surface area contributed by atoms with E-state index < -0.39 is 12.0 Å². The molecule has 0 spiro atoms. The van der Waals surface area contributed by atoms with Crippen molar-refractivity contribution in [3.8, 4) is 0 Å². The number of aliphatic carboxylic acids is 1. The fraction of sp³-hybridized carbons (Fsp3) is 0.357. The Hall–Kier alpha value is -2.37. The first-order valence-corrected chi connectivity index (χ1v) is 6.43. The van der Waals surface area contributed by atoms with Gasteiger partial charge in [-0.15, -0.1) is 0 Å². The Morgan fingerprint density at radius 2 is 2.20 bits per heavy atom. The molecule has 1 unspecified atom stereocenters. The number of carboxylic acid groups (broad SMARTS) is 1. The Morgan fingerprint density at radius 1 is 1.45 bits per heavy atom. The minimum atomic E-state index is -1.04. The van der Waals surface area contributed by atoms with Crippen LogP contribution in [0.15, 0.2) is 24.4 Å². The Kier molecular flexibility index (Phi) is 4.02. The summed E-state index contributed by atoms with van der Waals surface area (Å²) in [6, 6.07) is 4.85. The van der Waals surface area contributed by atoms with Crippen LogP contribution in [-0.4, -0.2) is 32.4 Å². The molecule has 0 fully saturated rings. The molecule has 2 rings (SSSR count). The number of nitrogens with one attached hydrogen (secondary N) is 1. The van der Waals surface area contributed by atoms with Crippen molar-refractivity contribution in [1.29, 1.82) is 0 Å². The second kappa shape index (κ2) is 5.73. The number of fused-ring (bicyclic) bond motifs is 1. The van der Waals surface area contributed by atoms with Crippen LogP contribution in [0.2, 0.25) is 0 Å². The van der Waals surface area contributed by atoms with Crippen molar-refractivity contribution in [3.05, 3.63) is 35.8 Å². The smallest absolute Gasteiger partial charge is 0.325 e. The lowest BCUT2D eigenvalue weighted by Crippen LogP contribution is -2.38. The number of carboxylic acids is 1. The molecule has 20 heavy (non-hydrogen) atoms. The van der Waals surface area contributed by atoms with Crippen LogP contribution in [0.3, 0.4) is 0 Å². The predicted octanol–water partition coefficient (Wildman–Crippen LogP) is 1.16. The normalized spacial score (nSPS) is 12.3. The summed E-state index contributed by atoms with van der Waals surface area (Å²) in [4.78, 5) is 26.8. The van der Waals surface area contributed by atoms with Gasteiger partial charge in [-0.3, -0.25) is 9.59 Å². The molecule has 0 aliphatic heterocycles. The third kappa shape index (κ3) is 2.96. The van der Waals surface area contributed by atoms with Gasteiger partial charge < -0.3 is 14.8 Å². The van der Waals surface area contributed by atoms with E-state index >= 15 is 0 Å². The van der Waals surface area contributed by atoms with Gasteiger partial charge in [-0.25, -0.2) is 4.98 Å². The number of rotatable bonds is 5. The molecule has 6 nitrogen and oxygen atoms in total. The molecule has 1 atom stereocenters. The third-order valence-corrected chi connectivity index (χ3v) is 3.17. The minimum absolute atomic E-state index is 0.237. The molecule has 2 aromatic rings. The first-order valence-electron chi connectivity index (χ1n) is 6.43. The average molecular weight is 275 g/mol.